The third kappa shape index (κ3) is 5.61. The van der Waals surface area contributed by atoms with E-state index in [2.05, 4.69) is 22.7 Å². The molecular formula is C24H24N2O4. The molecular weight excluding hydrogens is 380 g/mol. The van der Waals surface area contributed by atoms with Crippen LogP contribution in [0.1, 0.15) is 27.0 Å². The van der Waals surface area contributed by atoms with Gasteiger partial charge in [-0.15, -0.1) is 0 Å². The number of para-hydroxylation sites is 1. The van der Waals surface area contributed by atoms with Gasteiger partial charge in [0.1, 0.15) is 23.9 Å². The molecule has 3 aromatic carbocycles. The Morgan fingerprint density at radius 1 is 0.967 bits per heavy atom. The molecule has 0 radical (unpaired) electrons. The van der Waals surface area contributed by atoms with E-state index in [4.69, 9.17) is 14.2 Å². The Balaban J connectivity index is 1.66. The second-order valence-corrected chi connectivity index (χ2v) is 6.61. The molecule has 0 aliphatic rings. The molecule has 0 aliphatic heterocycles. The van der Waals surface area contributed by atoms with Gasteiger partial charge in [-0.1, -0.05) is 42.0 Å². The number of hydrogen-bond acceptors (Lipinski definition) is 5. The normalized spacial score (nSPS) is 10.6. The minimum Gasteiger partial charge on any atom is -0.497 e. The van der Waals surface area contributed by atoms with Gasteiger partial charge in [0, 0.05) is 17.2 Å². The molecule has 0 bridgehead atoms. The summed E-state index contributed by atoms with van der Waals surface area (Å²) in [5.41, 5.74) is 5.94. The number of amides is 1. The number of nitrogens with one attached hydrogen (secondary N) is 1. The SMILES string of the molecule is COc1cc(OC)cc(C(=O)N/N=C\c2ccccc2OCc2ccc(C)cc2)c1. The van der Waals surface area contributed by atoms with E-state index in [1.165, 1.54) is 19.8 Å². The molecule has 0 saturated carbocycles. The number of carbonyl (C=O) groups is 1. The molecule has 0 saturated heterocycles. The minimum absolute atomic E-state index is 0.374. The van der Waals surface area contributed by atoms with Gasteiger partial charge in [-0.3, -0.25) is 4.79 Å². The number of benzene rings is 3. The van der Waals surface area contributed by atoms with Crippen LogP contribution in [0, 0.1) is 6.92 Å². The maximum absolute atomic E-state index is 12.4. The minimum atomic E-state index is -0.374. The third-order valence-electron chi connectivity index (χ3n) is 4.42. The van der Waals surface area contributed by atoms with Crippen molar-refractivity contribution in [2.24, 2.45) is 5.10 Å². The molecule has 0 heterocycles. The van der Waals surface area contributed by atoms with Crippen molar-refractivity contribution < 1.29 is 19.0 Å². The molecule has 0 aliphatic carbocycles. The van der Waals surface area contributed by atoms with Gasteiger partial charge in [-0.2, -0.15) is 5.10 Å². The van der Waals surface area contributed by atoms with Crippen LogP contribution in [0.5, 0.6) is 17.2 Å². The van der Waals surface area contributed by atoms with Crippen molar-refractivity contribution in [1.29, 1.82) is 0 Å². The van der Waals surface area contributed by atoms with Crippen LogP contribution in [-0.2, 0) is 6.61 Å². The number of carbonyl (C=O) groups excluding carboxylic acids is 1. The Morgan fingerprint density at radius 3 is 2.30 bits per heavy atom. The summed E-state index contributed by atoms with van der Waals surface area (Å²) in [4.78, 5) is 12.4. The van der Waals surface area contributed by atoms with E-state index in [9.17, 15) is 4.79 Å². The van der Waals surface area contributed by atoms with E-state index < -0.39 is 0 Å². The molecule has 6 heteroatoms. The lowest BCUT2D eigenvalue weighted by Crippen LogP contribution is -2.17. The average molecular weight is 404 g/mol. The van der Waals surface area contributed by atoms with Crippen molar-refractivity contribution in [3.63, 3.8) is 0 Å². The van der Waals surface area contributed by atoms with Crippen LogP contribution in [0.25, 0.3) is 0 Å². The van der Waals surface area contributed by atoms with Gasteiger partial charge < -0.3 is 14.2 Å². The zero-order chi connectivity index (χ0) is 21.3. The first-order chi connectivity index (χ1) is 14.6. The molecule has 0 fully saturated rings. The van der Waals surface area contributed by atoms with E-state index in [0.717, 1.165) is 11.1 Å². The summed E-state index contributed by atoms with van der Waals surface area (Å²) in [5, 5.41) is 4.07. The van der Waals surface area contributed by atoms with Crippen LogP contribution in [0.2, 0.25) is 0 Å². The van der Waals surface area contributed by atoms with Crippen LogP contribution in [0.4, 0.5) is 0 Å². The lowest BCUT2D eigenvalue weighted by molar-refractivity contribution is 0.0954. The monoisotopic (exact) mass is 404 g/mol. The molecule has 0 spiro atoms. The van der Waals surface area contributed by atoms with E-state index >= 15 is 0 Å². The second kappa shape index (κ2) is 10.1. The summed E-state index contributed by atoms with van der Waals surface area (Å²) < 4.78 is 16.3. The molecule has 154 valence electrons. The van der Waals surface area contributed by atoms with Crippen LogP contribution in [-0.4, -0.2) is 26.3 Å². The van der Waals surface area contributed by atoms with Crippen molar-refractivity contribution in [3.05, 3.63) is 89.0 Å². The number of rotatable bonds is 8. The number of methoxy groups -OCH3 is 2. The quantitative estimate of drug-likeness (QED) is 0.448. The van der Waals surface area contributed by atoms with E-state index in [-0.39, 0.29) is 5.91 Å². The standard InChI is InChI=1S/C24H24N2O4/c1-17-8-10-18(11-9-17)16-30-23-7-5-4-6-19(23)15-25-26-24(27)20-12-21(28-2)14-22(13-20)29-3/h4-15H,16H2,1-3H3,(H,26,27)/b25-15-. The van der Waals surface area contributed by atoms with Gasteiger partial charge in [0.2, 0.25) is 0 Å². The molecule has 1 amide bonds. The molecule has 30 heavy (non-hydrogen) atoms. The summed E-state index contributed by atoms with van der Waals surface area (Å²) >= 11 is 0. The summed E-state index contributed by atoms with van der Waals surface area (Å²) in [7, 11) is 3.06. The summed E-state index contributed by atoms with van der Waals surface area (Å²) in [5.74, 6) is 1.36. The molecule has 1 N–H and O–H groups in total. The van der Waals surface area contributed by atoms with Crippen molar-refractivity contribution in [3.8, 4) is 17.2 Å². The van der Waals surface area contributed by atoms with Crippen LogP contribution in [0.3, 0.4) is 0 Å². The molecule has 0 unspecified atom stereocenters. The van der Waals surface area contributed by atoms with Crippen LogP contribution in [0.15, 0.2) is 71.8 Å². The molecule has 3 rings (SSSR count). The van der Waals surface area contributed by atoms with Crippen LogP contribution >= 0.6 is 0 Å². The zero-order valence-electron chi connectivity index (χ0n) is 17.2. The maximum Gasteiger partial charge on any atom is 0.271 e. The molecule has 6 nitrogen and oxygen atoms in total. The topological polar surface area (TPSA) is 69.2 Å². The lowest BCUT2D eigenvalue weighted by Gasteiger charge is -2.09. The highest BCUT2D eigenvalue weighted by molar-refractivity contribution is 5.96. The van der Waals surface area contributed by atoms with E-state index in [1.807, 2.05) is 43.3 Å². The average Bonchev–Trinajstić information content (AvgIpc) is 2.79. The van der Waals surface area contributed by atoms with Gasteiger partial charge in [-0.05, 0) is 36.8 Å². The highest BCUT2D eigenvalue weighted by atomic mass is 16.5. The van der Waals surface area contributed by atoms with E-state index in [0.29, 0.717) is 29.4 Å². The fraction of sp³-hybridized carbons (Fsp3) is 0.167. The van der Waals surface area contributed by atoms with Gasteiger partial charge >= 0.3 is 0 Å². The van der Waals surface area contributed by atoms with Crippen molar-refractivity contribution in [2.45, 2.75) is 13.5 Å². The summed E-state index contributed by atoms with van der Waals surface area (Å²) in [6.45, 7) is 2.49. The van der Waals surface area contributed by atoms with E-state index in [1.54, 1.807) is 24.4 Å². The van der Waals surface area contributed by atoms with Crippen molar-refractivity contribution >= 4 is 12.1 Å². The number of hydrogen-bond donors (Lipinski definition) is 1. The highest BCUT2D eigenvalue weighted by Gasteiger charge is 2.09. The smallest absolute Gasteiger partial charge is 0.271 e. The highest BCUT2D eigenvalue weighted by Crippen LogP contribution is 2.22. The van der Waals surface area contributed by atoms with Crippen molar-refractivity contribution in [1.82, 2.24) is 5.43 Å². The zero-order valence-corrected chi connectivity index (χ0v) is 17.2. The van der Waals surface area contributed by atoms with Crippen LogP contribution < -0.4 is 19.6 Å². The molecule has 3 aromatic rings. The van der Waals surface area contributed by atoms with Gasteiger partial charge in [0.05, 0.1) is 20.4 Å². The predicted octanol–water partition coefficient (Wildman–Crippen LogP) is 4.36. The molecule has 0 atom stereocenters. The molecule has 0 aromatic heterocycles. The predicted molar refractivity (Wildman–Crippen MR) is 117 cm³/mol. The first-order valence-electron chi connectivity index (χ1n) is 9.43. The van der Waals surface area contributed by atoms with Gasteiger partial charge in [0.25, 0.3) is 5.91 Å². The lowest BCUT2D eigenvalue weighted by atomic mass is 10.1. The Labute approximate surface area is 176 Å². The number of ether oxygens (including phenoxy) is 3. The third-order valence-corrected chi connectivity index (χ3v) is 4.42. The van der Waals surface area contributed by atoms with Crippen molar-refractivity contribution in [2.75, 3.05) is 14.2 Å². The number of nitrogens with zero attached hydrogens (tertiary/aromatic N) is 1. The van der Waals surface area contributed by atoms with Gasteiger partial charge in [-0.25, -0.2) is 5.43 Å². The Morgan fingerprint density at radius 2 is 1.63 bits per heavy atom. The Bertz CT molecular complexity index is 1010. The summed E-state index contributed by atoms with van der Waals surface area (Å²) in [6, 6.07) is 20.6. The first-order valence-corrected chi connectivity index (χ1v) is 9.43. The maximum atomic E-state index is 12.4. The fourth-order valence-electron chi connectivity index (χ4n) is 2.73. The largest absolute Gasteiger partial charge is 0.497 e. The summed E-state index contributed by atoms with van der Waals surface area (Å²) in [6.07, 6.45) is 1.56. The van der Waals surface area contributed by atoms with Gasteiger partial charge in [0.15, 0.2) is 0 Å². The number of aryl methyl sites for hydroxylation is 1. The fourth-order valence-corrected chi connectivity index (χ4v) is 2.73. The number of hydrazone groups is 1. The second-order valence-electron chi connectivity index (χ2n) is 6.61. The Kier molecular flexibility index (Phi) is 7.05. The first kappa shape index (κ1) is 20.9. The Hall–Kier alpha value is -3.80.